The monoisotopic (exact) mass is 337 g/mol. The van der Waals surface area contributed by atoms with Gasteiger partial charge in [-0.1, -0.05) is 35.3 Å². The minimum atomic E-state index is -0.561. The number of hydrogen-bond donors (Lipinski definition) is 1. The van der Waals surface area contributed by atoms with Gasteiger partial charge < -0.3 is 10.1 Å². The molecular weight excluding hydrogens is 321 g/mol. The van der Waals surface area contributed by atoms with E-state index in [9.17, 15) is 4.79 Å². The van der Waals surface area contributed by atoms with Gasteiger partial charge in [-0.25, -0.2) is 0 Å². The first-order chi connectivity index (χ1) is 10.3. The van der Waals surface area contributed by atoms with Gasteiger partial charge in [-0.05, 0) is 49.7 Å². The molecular formula is C17H17Cl2NO2. The Bertz CT molecular complexity index is 682. The molecule has 2 rings (SSSR count). The molecule has 0 saturated heterocycles. The summed E-state index contributed by atoms with van der Waals surface area (Å²) in [6.07, 6.45) is 0. The lowest BCUT2D eigenvalue weighted by molar-refractivity contribution is 0.0912. The van der Waals surface area contributed by atoms with Crippen molar-refractivity contribution < 1.29 is 9.53 Å². The van der Waals surface area contributed by atoms with Crippen molar-refractivity contribution in [3.05, 3.63) is 63.6 Å². The molecule has 0 spiro atoms. The van der Waals surface area contributed by atoms with Crippen molar-refractivity contribution >= 4 is 29.1 Å². The van der Waals surface area contributed by atoms with Crippen LogP contribution in [0.5, 0.6) is 5.75 Å². The van der Waals surface area contributed by atoms with Gasteiger partial charge in [0.2, 0.25) is 0 Å². The van der Waals surface area contributed by atoms with Gasteiger partial charge in [0.05, 0.1) is 23.2 Å². The van der Waals surface area contributed by atoms with Gasteiger partial charge >= 0.3 is 0 Å². The molecule has 0 atom stereocenters. The highest BCUT2D eigenvalue weighted by molar-refractivity contribution is 6.35. The van der Waals surface area contributed by atoms with E-state index in [0.717, 1.165) is 11.3 Å². The van der Waals surface area contributed by atoms with Crippen molar-refractivity contribution in [2.75, 3.05) is 7.11 Å². The highest BCUT2D eigenvalue weighted by Crippen LogP contribution is 2.25. The Hall–Kier alpha value is -1.71. The summed E-state index contributed by atoms with van der Waals surface area (Å²) in [4.78, 5) is 12.5. The summed E-state index contributed by atoms with van der Waals surface area (Å²) in [6.45, 7) is 3.84. The van der Waals surface area contributed by atoms with E-state index in [1.54, 1.807) is 25.3 Å². The number of carbonyl (C=O) groups excluding carboxylic acids is 1. The molecule has 116 valence electrons. The molecule has 0 saturated carbocycles. The molecule has 0 aliphatic rings. The molecule has 2 aromatic carbocycles. The number of ether oxygens (including phenoxy) is 1. The van der Waals surface area contributed by atoms with Crippen LogP contribution in [0.4, 0.5) is 0 Å². The maximum atomic E-state index is 12.5. The number of nitrogens with one attached hydrogen (secondary N) is 1. The minimum Gasteiger partial charge on any atom is -0.497 e. The Morgan fingerprint density at radius 2 is 1.73 bits per heavy atom. The first-order valence-corrected chi connectivity index (χ1v) is 7.51. The van der Waals surface area contributed by atoms with Crippen LogP contribution in [0.1, 0.15) is 29.8 Å². The van der Waals surface area contributed by atoms with Gasteiger partial charge in [0.15, 0.2) is 0 Å². The number of methoxy groups -OCH3 is 1. The van der Waals surface area contributed by atoms with Crippen LogP contribution in [0, 0.1) is 0 Å². The number of carbonyl (C=O) groups is 1. The zero-order valence-corrected chi connectivity index (χ0v) is 14.1. The van der Waals surface area contributed by atoms with Gasteiger partial charge in [-0.15, -0.1) is 0 Å². The molecule has 0 fully saturated rings. The lowest BCUT2D eigenvalue weighted by Crippen LogP contribution is -2.41. The van der Waals surface area contributed by atoms with Gasteiger partial charge in [-0.2, -0.15) is 0 Å². The fraction of sp³-hybridized carbons (Fsp3) is 0.235. The molecule has 2 aromatic rings. The van der Waals surface area contributed by atoms with Crippen LogP contribution in [-0.2, 0) is 5.54 Å². The Morgan fingerprint density at radius 3 is 2.32 bits per heavy atom. The van der Waals surface area contributed by atoms with Crippen molar-refractivity contribution in [3.8, 4) is 5.75 Å². The van der Waals surface area contributed by atoms with Crippen molar-refractivity contribution in [2.24, 2.45) is 0 Å². The summed E-state index contributed by atoms with van der Waals surface area (Å²) in [5.41, 5.74) is 0.755. The van der Waals surface area contributed by atoms with E-state index in [1.165, 1.54) is 0 Å². The SMILES string of the molecule is COc1ccc(C(C)(C)NC(=O)c2cc(Cl)ccc2Cl)cc1. The maximum absolute atomic E-state index is 12.5. The molecule has 1 N–H and O–H groups in total. The third kappa shape index (κ3) is 3.73. The molecule has 0 heterocycles. The molecule has 0 aliphatic heterocycles. The zero-order valence-electron chi connectivity index (χ0n) is 12.6. The van der Waals surface area contributed by atoms with Crippen LogP contribution in [0.15, 0.2) is 42.5 Å². The van der Waals surface area contributed by atoms with Crippen LogP contribution in [0.25, 0.3) is 0 Å². The van der Waals surface area contributed by atoms with Crippen molar-refractivity contribution in [2.45, 2.75) is 19.4 Å². The highest BCUT2D eigenvalue weighted by atomic mass is 35.5. The topological polar surface area (TPSA) is 38.3 Å². The van der Waals surface area contributed by atoms with E-state index < -0.39 is 5.54 Å². The Balaban J connectivity index is 2.23. The number of hydrogen-bond acceptors (Lipinski definition) is 2. The molecule has 0 bridgehead atoms. The predicted octanol–water partition coefficient (Wildman–Crippen LogP) is 4.67. The quantitative estimate of drug-likeness (QED) is 0.880. The fourth-order valence-electron chi connectivity index (χ4n) is 2.10. The first kappa shape index (κ1) is 16.7. The Morgan fingerprint density at radius 1 is 1.09 bits per heavy atom. The maximum Gasteiger partial charge on any atom is 0.253 e. The van der Waals surface area contributed by atoms with E-state index in [-0.39, 0.29) is 5.91 Å². The van der Waals surface area contributed by atoms with Crippen molar-refractivity contribution in [1.29, 1.82) is 0 Å². The average Bonchev–Trinajstić information content (AvgIpc) is 2.49. The summed E-state index contributed by atoms with van der Waals surface area (Å²) in [5.74, 6) is 0.497. The number of benzene rings is 2. The van der Waals surface area contributed by atoms with E-state index in [2.05, 4.69) is 5.32 Å². The summed E-state index contributed by atoms with van der Waals surface area (Å²) in [7, 11) is 1.61. The second-order valence-electron chi connectivity index (χ2n) is 5.43. The third-order valence-corrected chi connectivity index (χ3v) is 3.98. The summed E-state index contributed by atoms with van der Waals surface area (Å²) >= 11 is 12.0. The zero-order chi connectivity index (χ0) is 16.3. The minimum absolute atomic E-state index is 0.270. The molecule has 1 amide bonds. The molecule has 0 aliphatic carbocycles. The second kappa shape index (κ2) is 6.59. The van der Waals surface area contributed by atoms with E-state index in [4.69, 9.17) is 27.9 Å². The first-order valence-electron chi connectivity index (χ1n) is 6.75. The van der Waals surface area contributed by atoms with Crippen molar-refractivity contribution in [1.82, 2.24) is 5.32 Å². The largest absolute Gasteiger partial charge is 0.497 e. The lowest BCUT2D eigenvalue weighted by Gasteiger charge is -2.27. The average molecular weight is 338 g/mol. The van der Waals surface area contributed by atoms with Gasteiger partial charge in [0.25, 0.3) is 5.91 Å². The van der Waals surface area contributed by atoms with Crippen LogP contribution in [-0.4, -0.2) is 13.0 Å². The standard InChI is InChI=1S/C17H17Cl2NO2/c1-17(2,11-4-7-13(22-3)8-5-11)20-16(21)14-10-12(18)6-9-15(14)19/h4-10H,1-3H3,(H,20,21). The molecule has 0 unspecified atom stereocenters. The number of amides is 1. The fourth-order valence-corrected chi connectivity index (χ4v) is 2.48. The van der Waals surface area contributed by atoms with Gasteiger partial charge in [0, 0.05) is 5.02 Å². The lowest BCUT2D eigenvalue weighted by atomic mass is 9.93. The third-order valence-electron chi connectivity index (χ3n) is 3.41. The van der Waals surface area contributed by atoms with Crippen LogP contribution in [0.2, 0.25) is 10.0 Å². The number of halogens is 2. The molecule has 0 aromatic heterocycles. The second-order valence-corrected chi connectivity index (χ2v) is 6.28. The van der Waals surface area contributed by atoms with Crippen LogP contribution in [0.3, 0.4) is 0 Å². The predicted molar refractivity (Wildman–Crippen MR) is 89.9 cm³/mol. The number of rotatable bonds is 4. The summed E-state index contributed by atoms with van der Waals surface area (Å²) in [5, 5.41) is 3.81. The van der Waals surface area contributed by atoms with Crippen LogP contribution >= 0.6 is 23.2 Å². The van der Waals surface area contributed by atoms with E-state index >= 15 is 0 Å². The summed E-state index contributed by atoms with van der Waals surface area (Å²) in [6, 6.07) is 12.4. The molecule has 3 nitrogen and oxygen atoms in total. The van der Waals surface area contributed by atoms with Gasteiger partial charge in [0.1, 0.15) is 5.75 Å². The van der Waals surface area contributed by atoms with Gasteiger partial charge in [-0.3, -0.25) is 4.79 Å². The molecule has 5 heteroatoms. The normalized spacial score (nSPS) is 11.1. The highest BCUT2D eigenvalue weighted by Gasteiger charge is 2.24. The molecule has 0 radical (unpaired) electrons. The Kier molecular flexibility index (Phi) is 4.99. The molecule has 22 heavy (non-hydrogen) atoms. The van der Waals surface area contributed by atoms with Crippen LogP contribution < -0.4 is 10.1 Å². The van der Waals surface area contributed by atoms with Crippen molar-refractivity contribution in [3.63, 3.8) is 0 Å². The Labute approximate surface area is 140 Å². The summed E-state index contributed by atoms with van der Waals surface area (Å²) < 4.78 is 5.14. The van der Waals surface area contributed by atoms with E-state index in [1.807, 2.05) is 38.1 Å². The smallest absolute Gasteiger partial charge is 0.253 e. The van der Waals surface area contributed by atoms with E-state index in [0.29, 0.717) is 15.6 Å².